The number of hydrogen-bond acceptors (Lipinski definition) is 4. The van der Waals surface area contributed by atoms with Crippen LogP contribution < -0.4 is 11.1 Å². The number of rotatable bonds is 4. The highest BCUT2D eigenvalue weighted by molar-refractivity contribution is 7.14. The Balaban J connectivity index is 2.76. The average molecular weight is 228 g/mol. The van der Waals surface area contributed by atoms with E-state index in [-0.39, 0.29) is 5.91 Å². The van der Waals surface area contributed by atoms with E-state index in [2.05, 4.69) is 5.32 Å². The number of carbonyl (C=O) groups excluding carboxylic acids is 2. The second kappa shape index (κ2) is 4.90. The molecule has 3 N–H and O–H groups in total. The van der Waals surface area contributed by atoms with E-state index in [4.69, 9.17) is 10.5 Å². The van der Waals surface area contributed by atoms with Crippen LogP contribution in [0.1, 0.15) is 17.3 Å². The van der Waals surface area contributed by atoms with Crippen molar-refractivity contribution in [3.05, 3.63) is 17.0 Å². The van der Waals surface area contributed by atoms with E-state index in [1.165, 1.54) is 18.4 Å². The Morgan fingerprint density at radius 3 is 2.80 bits per heavy atom. The van der Waals surface area contributed by atoms with Crippen LogP contribution in [0.15, 0.2) is 11.4 Å². The monoisotopic (exact) mass is 228 g/mol. The van der Waals surface area contributed by atoms with Crippen molar-refractivity contribution in [2.75, 3.05) is 12.4 Å². The highest BCUT2D eigenvalue weighted by Gasteiger charge is 2.16. The van der Waals surface area contributed by atoms with Gasteiger partial charge in [0.2, 0.25) is 0 Å². The first-order valence-corrected chi connectivity index (χ1v) is 5.15. The van der Waals surface area contributed by atoms with Gasteiger partial charge in [0, 0.05) is 7.11 Å². The maximum absolute atomic E-state index is 11.4. The Morgan fingerprint density at radius 2 is 2.27 bits per heavy atom. The van der Waals surface area contributed by atoms with Crippen molar-refractivity contribution < 1.29 is 14.3 Å². The van der Waals surface area contributed by atoms with Gasteiger partial charge in [-0.1, -0.05) is 0 Å². The number of nitrogens with two attached hydrogens (primary N) is 1. The minimum Gasteiger partial charge on any atom is -0.372 e. The van der Waals surface area contributed by atoms with E-state index >= 15 is 0 Å². The molecule has 2 amide bonds. The Labute approximate surface area is 91.2 Å². The molecule has 0 aliphatic heterocycles. The molecule has 6 heteroatoms. The summed E-state index contributed by atoms with van der Waals surface area (Å²) in [6.07, 6.45) is -0.562. The first-order valence-electron chi connectivity index (χ1n) is 4.27. The molecule has 0 aliphatic rings. The lowest BCUT2D eigenvalue weighted by molar-refractivity contribution is -0.124. The average Bonchev–Trinajstić information content (AvgIpc) is 2.64. The number of amides is 2. The first kappa shape index (κ1) is 11.7. The number of ether oxygens (including phenoxy) is 1. The molecule has 1 unspecified atom stereocenters. The summed E-state index contributed by atoms with van der Waals surface area (Å²) in [5.41, 5.74) is 5.44. The van der Waals surface area contributed by atoms with E-state index in [1.807, 2.05) is 0 Å². The van der Waals surface area contributed by atoms with E-state index in [0.717, 1.165) is 0 Å². The van der Waals surface area contributed by atoms with Crippen LogP contribution in [0.2, 0.25) is 0 Å². The third-order valence-corrected chi connectivity index (χ3v) is 2.72. The number of hydrogen-bond donors (Lipinski definition) is 2. The largest absolute Gasteiger partial charge is 0.372 e. The summed E-state index contributed by atoms with van der Waals surface area (Å²) in [7, 11) is 1.44. The van der Waals surface area contributed by atoms with Gasteiger partial charge in [-0.15, -0.1) is 11.3 Å². The van der Waals surface area contributed by atoms with Gasteiger partial charge in [-0.25, -0.2) is 0 Å². The lowest BCUT2D eigenvalue weighted by Crippen LogP contribution is -2.27. The van der Waals surface area contributed by atoms with Gasteiger partial charge in [0.25, 0.3) is 11.8 Å². The molecule has 0 saturated carbocycles. The molecule has 0 bridgehead atoms. The zero-order valence-corrected chi connectivity index (χ0v) is 9.26. The van der Waals surface area contributed by atoms with Gasteiger partial charge >= 0.3 is 0 Å². The van der Waals surface area contributed by atoms with Crippen LogP contribution in [0, 0.1) is 0 Å². The smallest absolute Gasteiger partial charge is 0.253 e. The molecule has 1 aromatic heterocycles. The topological polar surface area (TPSA) is 81.4 Å². The maximum Gasteiger partial charge on any atom is 0.253 e. The molecular weight excluding hydrogens is 216 g/mol. The third-order valence-electron chi connectivity index (χ3n) is 1.89. The Morgan fingerprint density at radius 1 is 1.60 bits per heavy atom. The van der Waals surface area contributed by atoms with Crippen molar-refractivity contribution in [2.24, 2.45) is 5.73 Å². The van der Waals surface area contributed by atoms with Crippen LogP contribution in [-0.2, 0) is 9.53 Å². The zero-order chi connectivity index (χ0) is 11.4. The second-order valence-electron chi connectivity index (χ2n) is 2.89. The number of carbonyl (C=O) groups is 2. The molecule has 1 heterocycles. The summed E-state index contributed by atoms with van der Waals surface area (Å²) < 4.78 is 4.84. The Bertz CT molecular complexity index is 375. The summed E-state index contributed by atoms with van der Waals surface area (Å²) in [6.45, 7) is 1.62. The molecule has 5 nitrogen and oxygen atoms in total. The van der Waals surface area contributed by atoms with Crippen molar-refractivity contribution >= 4 is 28.2 Å². The fraction of sp³-hybridized carbons (Fsp3) is 0.333. The van der Waals surface area contributed by atoms with E-state index in [0.29, 0.717) is 10.6 Å². The third kappa shape index (κ3) is 2.77. The minimum absolute atomic E-state index is 0.303. The van der Waals surface area contributed by atoms with E-state index in [1.54, 1.807) is 18.4 Å². The van der Waals surface area contributed by atoms with Gasteiger partial charge in [0.1, 0.15) is 11.1 Å². The number of anilines is 1. The molecule has 82 valence electrons. The molecule has 1 rings (SSSR count). The Hall–Kier alpha value is -1.40. The van der Waals surface area contributed by atoms with Crippen molar-refractivity contribution in [3.63, 3.8) is 0 Å². The highest BCUT2D eigenvalue weighted by Crippen LogP contribution is 2.22. The number of methoxy groups -OCH3 is 1. The van der Waals surface area contributed by atoms with Crippen LogP contribution in [-0.4, -0.2) is 25.0 Å². The number of nitrogens with one attached hydrogen (secondary N) is 1. The van der Waals surface area contributed by atoms with Gasteiger partial charge in [-0.05, 0) is 18.4 Å². The van der Waals surface area contributed by atoms with Crippen molar-refractivity contribution in [2.45, 2.75) is 13.0 Å². The molecule has 15 heavy (non-hydrogen) atoms. The predicted octanol–water partition coefficient (Wildman–Crippen LogP) is 0.820. The summed E-state index contributed by atoms with van der Waals surface area (Å²) in [5, 5.41) is 4.72. The maximum atomic E-state index is 11.4. The second-order valence-corrected chi connectivity index (χ2v) is 3.81. The highest BCUT2D eigenvalue weighted by atomic mass is 32.1. The van der Waals surface area contributed by atoms with Gasteiger partial charge in [-0.3, -0.25) is 9.59 Å². The minimum atomic E-state index is -0.562. The summed E-state index contributed by atoms with van der Waals surface area (Å²) >= 11 is 1.25. The zero-order valence-electron chi connectivity index (χ0n) is 8.44. The quantitative estimate of drug-likeness (QED) is 0.800. The van der Waals surface area contributed by atoms with Crippen molar-refractivity contribution in [1.82, 2.24) is 0 Å². The van der Waals surface area contributed by atoms with Gasteiger partial charge in [0.15, 0.2) is 0 Å². The fourth-order valence-electron chi connectivity index (χ4n) is 0.921. The molecule has 1 atom stereocenters. The summed E-state index contributed by atoms with van der Waals surface area (Å²) in [5.74, 6) is -0.862. The standard InChI is InChI=1S/C9H12N2O3S/c1-5(14-2)8(13)11-9-6(7(10)12)3-4-15-9/h3-5H,1-2H3,(H2,10,12)(H,11,13). The van der Waals surface area contributed by atoms with E-state index < -0.39 is 12.0 Å². The predicted molar refractivity (Wildman–Crippen MR) is 57.9 cm³/mol. The van der Waals surface area contributed by atoms with Crippen LogP contribution in [0.4, 0.5) is 5.00 Å². The van der Waals surface area contributed by atoms with Crippen LogP contribution in [0.25, 0.3) is 0 Å². The number of thiophene rings is 1. The van der Waals surface area contributed by atoms with Crippen molar-refractivity contribution in [1.29, 1.82) is 0 Å². The molecule has 0 fully saturated rings. The molecule has 0 radical (unpaired) electrons. The van der Waals surface area contributed by atoms with Gasteiger partial charge in [-0.2, -0.15) is 0 Å². The molecule has 0 aromatic carbocycles. The van der Waals surface area contributed by atoms with Crippen LogP contribution >= 0.6 is 11.3 Å². The molecule has 0 aliphatic carbocycles. The number of primary amides is 1. The lowest BCUT2D eigenvalue weighted by Gasteiger charge is -2.09. The summed E-state index contributed by atoms with van der Waals surface area (Å²) in [6, 6.07) is 1.57. The fourth-order valence-corrected chi connectivity index (χ4v) is 1.72. The van der Waals surface area contributed by atoms with Crippen LogP contribution in [0.5, 0.6) is 0 Å². The molecular formula is C9H12N2O3S. The van der Waals surface area contributed by atoms with E-state index in [9.17, 15) is 9.59 Å². The van der Waals surface area contributed by atoms with Gasteiger partial charge in [0.05, 0.1) is 5.56 Å². The molecule has 1 aromatic rings. The van der Waals surface area contributed by atoms with Gasteiger partial charge < -0.3 is 15.8 Å². The van der Waals surface area contributed by atoms with Crippen molar-refractivity contribution in [3.8, 4) is 0 Å². The first-order chi connectivity index (χ1) is 7.06. The summed E-state index contributed by atoms with van der Waals surface area (Å²) in [4.78, 5) is 22.4. The van der Waals surface area contributed by atoms with Crippen LogP contribution in [0.3, 0.4) is 0 Å². The lowest BCUT2D eigenvalue weighted by atomic mass is 10.3. The Kier molecular flexibility index (Phi) is 3.81. The normalized spacial score (nSPS) is 12.1. The molecule has 0 saturated heterocycles. The molecule has 0 spiro atoms. The SMILES string of the molecule is COC(C)C(=O)Nc1sccc1C(N)=O.